The molecule has 0 bridgehead atoms. The van der Waals surface area contributed by atoms with Crippen LogP contribution in [0.1, 0.15) is 0 Å². The molecule has 0 fully saturated rings. The van der Waals surface area contributed by atoms with Gasteiger partial charge in [0, 0.05) is 25.7 Å². The van der Waals surface area contributed by atoms with Crippen LogP contribution in [0.2, 0.25) is 0 Å². The summed E-state index contributed by atoms with van der Waals surface area (Å²) in [5.41, 5.74) is 0. The predicted molar refractivity (Wildman–Crippen MR) is 179 cm³/mol. The first-order chi connectivity index (χ1) is 20.5. The summed E-state index contributed by atoms with van der Waals surface area (Å²) in [5, 5.41) is 3.95. The Balaban J connectivity index is 1.56. The molecule has 6 rings (SSSR count). The summed E-state index contributed by atoms with van der Waals surface area (Å²) in [6.45, 7) is 0. The Kier molecular flexibility index (Phi) is 8.13. The molecule has 6 aromatic rings. The summed E-state index contributed by atoms with van der Waals surface area (Å²) in [6, 6.07) is 51.0. The minimum atomic E-state index is -3.37. The van der Waals surface area contributed by atoms with Gasteiger partial charge in [0.15, 0.2) is 14.3 Å². The summed E-state index contributed by atoms with van der Waals surface area (Å²) >= 11 is 3.61. The predicted octanol–water partition coefficient (Wildman–Crippen LogP) is 7.52. The van der Waals surface area contributed by atoms with Gasteiger partial charge in [-0.15, -0.1) is 0 Å². The van der Waals surface area contributed by atoms with Crippen LogP contribution in [0, 0.1) is 0 Å². The van der Waals surface area contributed by atoms with E-state index in [-0.39, 0.29) is 0 Å². The van der Waals surface area contributed by atoms with Crippen LogP contribution in [-0.4, -0.2) is 0 Å². The summed E-state index contributed by atoms with van der Waals surface area (Å²) in [7, 11) is -6.71. The molecule has 0 radical (unpaired) electrons. The van der Waals surface area contributed by atoms with Crippen LogP contribution in [0.4, 0.5) is 0 Å². The molecule has 0 aliphatic heterocycles. The standard InChI is InChI=1S/C36H27BrO3P2/c37-28-25-26-34(36(27-28)42(39,31-19-9-3-10-20-31)32-21-11-4-12-22-32)40-33-23-13-14-24-35(33)41(38,29-15-5-1-6-16-29)30-17-7-2-8-18-30/h1-27H. The highest BCUT2D eigenvalue weighted by atomic mass is 79.9. The number of rotatable bonds is 8. The average molecular weight is 649 g/mol. The van der Waals surface area contributed by atoms with E-state index in [0.29, 0.717) is 43.3 Å². The molecule has 0 spiro atoms. The van der Waals surface area contributed by atoms with Crippen LogP contribution in [0.25, 0.3) is 0 Å². The van der Waals surface area contributed by atoms with Crippen molar-refractivity contribution in [3.63, 3.8) is 0 Å². The van der Waals surface area contributed by atoms with Crippen molar-refractivity contribution in [1.82, 2.24) is 0 Å². The highest BCUT2D eigenvalue weighted by Gasteiger charge is 2.35. The number of para-hydroxylation sites is 1. The molecule has 0 atom stereocenters. The SMILES string of the molecule is O=P(c1ccccc1)(c1ccccc1)c1ccccc1Oc1ccc(Br)cc1P(=O)(c1ccccc1)c1ccccc1. The quantitative estimate of drug-likeness (QED) is 0.160. The Morgan fingerprint density at radius 2 is 0.762 bits per heavy atom. The fourth-order valence-corrected chi connectivity index (χ4v) is 11.2. The number of halogens is 1. The molecule has 42 heavy (non-hydrogen) atoms. The topological polar surface area (TPSA) is 43.4 Å². The van der Waals surface area contributed by atoms with Crippen molar-refractivity contribution in [2.24, 2.45) is 0 Å². The number of benzene rings is 6. The van der Waals surface area contributed by atoms with E-state index < -0.39 is 14.3 Å². The molecule has 206 valence electrons. The minimum Gasteiger partial charge on any atom is -0.456 e. The first kappa shape index (κ1) is 28.2. The van der Waals surface area contributed by atoms with Crippen molar-refractivity contribution in [3.8, 4) is 11.5 Å². The molecular formula is C36H27BrO3P2. The lowest BCUT2D eigenvalue weighted by molar-refractivity contribution is 0.489. The molecule has 0 aliphatic carbocycles. The Bertz CT molecular complexity index is 1830. The zero-order valence-corrected chi connectivity index (χ0v) is 26.0. The smallest absolute Gasteiger partial charge is 0.174 e. The van der Waals surface area contributed by atoms with E-state index in [2.05, 4.69) is 15.9 Å². The van der Waals surface area contributed by atoms with E-state index in [9.17, 15) is 0 Å². The van der Waals surface area contributed by atoms with E-state index >= 15 is 9.13 Å². The van der Waals surface area contributed by atoms with E-state index in [0.717, 1.165) is 4.47 Å². The monoisotopic (exact) mass is 648 g/mol. The first-order valence-corrected chi connectivity index (χ1v) is 17.7. The molecule has 3 nitrogen and oxygen atoms in total. The summed E-state index contributed by atoms with van der Waals surface area (Å²) in [6.07, 6.45) is 0. The maximum absolute atomic E-state index is 15.4. The average Bonchev–Trinajstić information content (AvgIpc) is 3.06. The van der Waals surface area contributed by atoms with Crippen LogP contribution in [0.3, 0.4) is 0 Å². The van der Waals surface area contributed by atoms with Gasteiger partial charge in [0.2, 0.25) is 0 Å². The van der Waals surface area contributed by atoms with Gasteiger partial charge in [-0.1, -0.05) is 149 Å². The highest BCUT2D eigenvalue weighted by molar-refractivity contribution is 9.10. The van der Waals surface area contributed by atoms with Crippen molar-refractivity contribution in [1.29, 1.82) is 0 Å². The molecule has 0 aliphatic rings. The number of hydrogen-bond acceptors (Lipinski definition) is 3. The van der Waals surface area contributed by atoms with Gasteiger partial charge in [-0.2, -0.15) is 0 Å². The molecular weight excluding hydrogens is 622 g/mol. The second-order valence-electron chi connectivity index (χ2n) is 9.74. The van der Waals surface area contributed by atoms with Crippen molar-refractivity contribution >= 4 is 62.0 Å². The number of hydrogen-bond donors (Lipinski definition) is 0. The third-order valence-corrected chi connectivity index (χ3v) is 13.8. The maximum Gasteiger partial charge on any atom is 0.174 e. The van der Waals surface area contributed by atoms with Gasteiger partial charge < -0.3 is 13.9 Å². The molecule has 0 unspecified atom stereocenters. The van der Waals surface area contributed by atoms with Gasteiger partial charge in [0.05, 0.1) is 10.6 Å². The van der Waals surface area contributed by atoms with Crippen LogP contribution in [0.5, 0.6) is 11.5 Å². The zero-order valence-electron chi connectivity index (χ0n) is 22.6. The first-order valence-electron chi connectivity index (χ1n) is 13.5. The third-order valence-electron chi connectivity index (χ3n) is 7.16. The van der Waals surface area contributed by atoms with Crippen LogP contribution >= 0.6 is 30.2 Å². The number of ether oxygens (including phenoxy) is 1. The van der Waals surface area contributed by atoms with Crippen molar-refractivity contribution < 1.29 is 13.9 Å². The second kappa shape index (κ2) is 12.1. The molecule has 0 heterocycles. The molecule has 0 amide bonds. The summed E-state index contributed by atoms with van der Waals surface area (Å²) < 4.78 is 38.1. The third kappa shape index (κ3) is 5.23. The Morgan fingerprint density at radius 1 is 0.405 bits per heavy atom. The largest absolute Gasteiger partial charge is 0.456 e. The van der Waals surface area contributed by atoms with Crippen molar-refractivity contribution in [2.45, 2.75) is 0 Å². The Labute approximate surface area is 254 Å². The van der Waals surface area contributed by atoms with Gasteiger partial charge in [-0.25, -0.2) is 0 Å². The van der Waals surface area contributed by atoms with Gasteiger partial charge in [0.1, 0.15) is 11.5 Å². The highest BCUT2D eigenvalue weighted by Crippen LogP contribution is 2.48. The minimum absolute atomic E-state index is 0.439. The van der Waals surface area contributed by atoms with E-state index in [1.807, 2.05) is 164 Å². The Morgan fingerprint density at radius 3 is 1.21 bits per heavy atom. The van der Waals surface area contributed by atoms with Crippen LogP contribution in [-0.2, 0) is 9.13 Å². The van der Waals surface area contributed by atoms with Gasteiger partial charge >= 0.3 is 0 Å². The summed E-state index contributed by atoms with van der Waals surface area (Å²) in [4.78, 5) is 0. The molecule has 0 saturated heterocycles. The van der Waals surface area contributed by atoms with Gasteiger partial charge in [-0.05, 0) is 30.3 Å². The van der Waals surface area contributed by atoms with Crippen molar-refractivity contribution in [3.05, 3.63) is 168 Å². The molecule has 6 aromatic carbocycles. The lowest BCUT2D eigenvalue weighted by Gasteiger charge is -2.25. The molecule has 0 saturated carbocycles. The van der Waals surface area contributed by atoms with E-state index in [4.69, 9.17) is 4.74 Å². The molecule has 6 heteroatoms. The maximum atomic E-state index is 15.4. The van der Waals surface area contributed by atoms with Gasteiger partial charge in [0.25, 0.3) is 0 Å². The van der Waals surface area contributed by atoms with Crippen molar-refractivity contribution in [2.75, 3.05) is 0 Å². The molecule has 0 N–H and O–H groups in total. The fraction of sp³-hybridized carbons (Fsp3) is 0. The lowest BCUT2D eigenvalue weighted by atomic mass is 10.3. The van der Waals surface area contributed by atoms with Gasteiger partial charge in [-0.3, -0.25) is 0 Å². The normalized spacial score (nSPS) is 11.6. The van der Waals surface area contributed by atoms with E-state index in [1.54, 1.807) is 0 Å². The fourth-order valence-electron chi connectivity index (χ4n) is 5.15. The van der Waals surface area contributed by atoms with Crippen LogP contribution < -0.4 is 36.6 Å². The molecule has 0 aromatic heterocycles. The van der Waals surface area contributed by atoms with Crippen LogP contribution in [0.15, 0.2) is 168 Å². The lowest BCUT2D eigenvalue weighted by Crippen LogP contribution is -2.28. The van der Waals surface area contributed by atoms with E-state index in [1.165, 1.54) is 0 Å². The summed E-state index contributed by atoms with van der Waals surface area (Å²) in [5.74, 6) is 0.888. The zero-order chi connectivity index (χ0) is 29.0. The second-order valence-corrected chi connectivity index (χ2v) is 16.1. The Hall–Kier alpha value is -3.94.